The zero-order valence-electron chi connectivity index (χ0n) is 11.1. The summed E-state index contributed by atoms with van der Waals surface area (Å²) in [5.41, 5.74) is 0.735. The van der Waals surface area contributed by atoms with Gasteiger partial charge in [-0.1, -0.05) is 25.9 Å². The Balaban J connectivity index is 1.90. The summed E-state index contributed by atoms with van der Waals surface area (Å²) in [6.45, 7) is 7.16. The van der Waals surface area contributed by atoms with Crippen LogP contribution in [0, 0.1) is 16.7 Å². The molecule has 3 rings (SSSR count). The Morgan fingerprint density at radius 2 is 2.12 bits per heavy atom. The van der Waals surface area contributed by atoms with Gasteiger partial charge in [-0.15, -0.1) is 0 Å². The molecule has 2 aliphatic rings. The average molecular weight is 235 g/mol. The number of rotatable bonds is 2. The second-order valence-corrected chi connectivity index (χ2v) is 6.62. The van der Waals surface area contributed by atoms with Gasteiger partial charge in [0.2, 0.25) is 5.95 Å². The Morgan fingerprint density at radius 1 is 1.35 bits per heavy atom. The number of nitrogens with zero attached hydrogens (tertiary/aromatic N) is 4. The van der Waals surface area contributed by atoms with Gasteiger partial charge < -0.3 is 5.32 Å². The zero-order valence-corrected chi connectivity index (χ0v) is 11.1. The molecule has 1 heterocycles. The molecule has 2 saturated carbocycles. The van der Waals surface area contributed by atoms with Gasteiger partial charge in [0.15, 0.2) is 0 Å². The molecule has 17 heavy (non-hydrogen) atoms. The molecule has 0 aromatic carbocycles. The van der Waals surface area contributed by atoms with E-state index in [4.69, 9.17) is 0 Å². The largest absolute Gasteiger partial charge is 0.349 e. The Hall–Kier alpha value is -1.13. The van der Waals surface area contributed by atoms with Crippen LogP contribution in [0.1, 0.15) is 40.0 Å². The molecule has 5 heteroatoms. The Kier molecular flexibility index (Phi) is 2.07. The van der Waals surface area contributed by atoms with E-state index in [0.29, 0.717) is 16.9 Å². The topological polar surface area (TPSA) is 55.6 Å². The van der Waals surface area contributed by atoms with E-state index in [-0.39, 0.29) is 0 Å². The van der Waals surface area contributed by atoms with Crippen LogP contribution in [0.3, 0.4) is 0 Å². The third kappa shape index (κ3) is 1.40. The van der Waals surface area contributed by atoms with Crippen LogP contribution in [0.15, 0.2) is 0 Å². The summed E-state index contributed by atoms with van der Waals surface area (Å²) in [5, 5.41) is 15.2. The number of tetrazole rings is 1. The lowest BCUT2D eigenvalue weighted by molar-refractivity contribution is 0.154. The number of hydrogen-bond acceptors (Lipinski definition) is 4. The molecule has 0 radical (unpaired) electrons. The monoisotopic (exact) mass is 235 g/mol. The molecule has 1 aromatic heterocycles. The highest BCUT2D eigenvalue weighted by molar-refractivity contribution is 5.30. The van der Waals surface area contributed by atoms with Gasteiger partial charge in [-0.05, 0) is 46.4 Å². The van der Waals surface area contributed by atoms with Crippen molar-refractivity contribution in [3.8, 4) is 0 Å². The molecule has 0 saturated heterocycles. The van der Waals surface area contributed by atoms with Crippen LogP contribution in [-0.2, 0) is 7.05 Å². The highest BCUT2D eigenvalue weighted by Crippen LogP contribution is 2.62. The number of aromatic nitrogens is 4. The molecule has 2 aliphatic carbocycles. The lowest BCUT2D eigenvalue weighted by Crippen LogP contribution is -2.46. The average Bonchev–Trinajstić information content (AvgIpc) is 2.85. The first kappa shape index (κ1) is 11.0. The predicted molar refractivity (Wildman–Crippen MR) is 65.4 cm³/mol. The van der Waals surface area contributed by atoms with E-state index in [2.05, 4.69) is 41.6 Å². The molecule has 1 aromatic rings. The fourth-order valence-electron chi connectivity index (χ4n) is 4.14. The molecule has 3 atom stereocenters. The summed E-state index contributed by atoms with van der Waals surface area (Å²) in [4.78, 5) is 0. The third-order valence-electron chi connectivity index (χ3n) is 5.16. The maximum absolute atomic E-state index is 4.05. The van der Waals surface area contributed by atoms with Gasteiger partial charge in [-0.3, -0.25) is 0 Å². The van der Waals surface area contributed by atoms with Gasteiger partial charge in [-0.2, -0.15) is 0 Å². The summed E-state index contributed by atoms with van der Waals surface area (Å²) in [5.74, 6) is 1.63. The van der Waals surface area contributed by atoms with E-state index in [1.807, 2.05) is 7.05 Å². The molecule has 2 fully saturated rings. The van der Waals surface area contributed by atoms with Gasteiger partial charge in [0.25, 0.3) is 0 Å². The zero-order chi connectivity index (χ0) is 12.3. The minimum atomic E-state index is 0.332. The van der Waals surface area contributed by atoms with Gasteiger partial charge in [0, 0.05) is 13.1 Å². The standard InChI is InChI=1S/C12H21N5/c1-11(2)8-5-6-12(3,7-8)9(11)13-10-14-15-16-17(10)4/h8-9H,5-7H2,1-4H3,(H,13,14,16). The smallest absolute Gasteiger partial charge is 0.242 e. The molecule has 3 unspecified atom stereocenters. The number of aryl methyl sites for hydroxylation is 1. The third-order valence-corrected chi connectivity index (χ3v) is 5.16. The molecule has 5 nitrogen and oxygen atoms in total. The summed E-state index contributed by atoms with van der Waals surface area (Å²) in [7, 11) is 1.88. The van der Waals surface area contributed by atoms with Gasteiger partial charge >= 0.3 is 0 Å². The quantitative estimate of drug-likeness (QED) is 0.849. The van der Waals surface area contributed by atoms with Crippen LogP contribution in [-0.4, -0.2) is 26.2 Å². The van der Waals surface area contributed by atoms with E-state index >= 15 is 0 Å². The highest BCUT2D eigenvalue weighted by atomic mass is 15.6. The van der Waals surface area contributed by atoms with Crippen molar-refractivity contribution in [2.75, 3.05) is 5.32 Å². The highest BCUT2D eigenvalue weighted by Gasteiger charge is 2.59. The lowest BCUT2D eigenvalue weighted by atomic mass is 9.68. The van der Waals surface area contributed by atoms with E-state index in [1.54, 1.807) is 4.68 Å². The van der Waals surface area contributed by atoms with Crippen molar-refractivity contribution in [3.05, 3.63) is 0 Å². The predicted octanol–water partition coefficient (Wildman–Crippen LogP) is 1.84. The van der Waals surface area contributed by atoms with Crippen molar-refractivity contribution in [2.24, 2.45) is 23.8 Å². The number of nitrogens with one attached hydrogen (secondary N) is 1. The first-order valence-corrected chi connectivity index (χ1v) is 6.42. The number of hydrogen-bond donors (Lipinski definition) is 1. The maximum atomic E-state index is 4.05. The summed E-state index contributed by atoms with van der Waals surface area (Å²) < 4.78 is 1.71. The van der Waals surface area contributed by atoms with Crippen molar-refractivity contribution in [3.63, 3.8) is 0 Å². The summed E-state index contributed by atoms with van der Waals surface area (Å²) >= 11 is 0. The van der Waals surface area contributed by atoms with Crippen molar-refractivity contribution >= 4 is 5.95 Å². The number of fused-ring (bicyclic) bond motifs is 2. The first-order valence-electron chi connectivity index (χ1n) is 6.42. The Labute approximate surface area is 102 Å². The SMILES string of the molecule is Cn1nnnc1NC1C2(C)CCC(C2)C1(C)C. The van der Waals surface area contributed by atoms with Crippen LogP contribution in [0.25, 0.3) is 0 Å². The van der Waals surface area contributed by atoms with E-state index in [0.717, 1.165) is 11.9 Å². The van der Waals surface area contributed by atoms with Crippen molar-refractivity contribution in [1.29, 1.82) is 0 Å². The molecule has 0 aliphatic heterocycles. The van der Waals surface area contributed by atoms with E-state index < -0.39 is 0 Å². The summed E-state index contributed by atoms with van der Waals surface area (Å²) in [6.07, 6.45) is 4.03. The normalized spacial score (nSPS) is 38.6. The Morgan fingerprint density at radius 3 is 2.65 bits per heavy atom. The van der Waals surface area contributed by atoms with Crippen LogP contribution in [0.5, 0.6) is 0 Å². The molecular weight excluding hydrogens is 214 g/mol. The fraction of sp³-hybridized carbons (Fsp3) is 0.917. The van der Waals surface area contributed by atoms with Crippen LogP contribution >= 0.6 is 0 Å². The van der Waals surface area contributed by atoms with E-state index in [9.17, 15) is 0 Å². The van der Waals surface area contributed by atoms with Crippen molar-refractivity contribution in [1.82, 2.24) is 20.2 Å². The van der Waals surface area contributed by atoms with Crippen LogP contribution in [0.2, 0.25) is 0 Å². The minimum absolute atomic E-state index is 0.332. The van der Waals surface area contributed by atoms with Gasteiger partial charge in [0.1, 0.15) is 0 Å². The van der Waals surface area contributed by atoms with Gasteiger partial charge in [-0.25, -0.2) is 4.68 Å². The molecule has 2 bridgehead atoms. The van der Waals surface area contributed by atoms with Crippen LogP contribution < -0.4 is 5.32 Å². The Bertz CT molecular complexity index is 433. The van der Waals surface area contributed by atoms with Crippen LogP contribution in [0.4, 0.5) is 5.95 Å². The van der Waals surface area contributed by atoms with Crippen molar-refractivity contribution < 1.29 is 0 Å². The lowest BCUT2D eigenvalue weighted by Gasteiger charge is -2.43. The molecular formula is C12H21N5. The second kappa shape index (κ2) is 3.21. The van der Waals surface area contributed by atoms with E-state index in [1.165, 1.54) is 19.3 Å². The van der Waals surface area contributed by atoms with Gasteiger partial charge in [0.05, 0.1) is 0 Å². The molecule has 94 valence electrons. The molecule has 1 N–H and O–H groups in total. The molecule has 0 spiro atoms. The number of anilines is 1. The molecule has 0 amide bonds. The summed E-state index contributed by atoms with van der Waals surface area (Å²) in [6, 6.07) is 0.471. The maximum Gasteiger partial charge on any atom is 0.242 e. The fourth-order valence-corrected chi connectivity index (χ4v) is 4.14. The second-order valence-electron chi connectivity index (χ2n) is 6.62. The first-order chi connectivity index (χ1) is 7.93. The minimum Gasteiger partial charge on any atom is -0.349 e. The van der Waals surface area contributed by atoms with Crippen molar-refractivity contribution in [2.45, 2.75) is 46.1 Å².